The zero-order valence-corrected chi connectivity index (χ0v) is 51.7. The summed E-state index contributed by atoms with van der Waals surface area (Å²) in [6.07, 6.45) is 12.4. The van der Waals surface area contributed by atoms with Crippen LogP contribution in [0.3, 0.4) is 0 Å². The molecule has 9 rings (SSSR count). The molecule has 0 saturated heterocycles. The van der Waals surface area contributed by atoms with Crippen LogP contribution in [0.25, 0.3) is 38.9 Å². The first-order valence-electron chi connectivity index (χ1n) is 30.1. The predicted molar refractivity (Wildman–Crippen MR) is 357 cm³/mol. The fourth-order valence-corrected chi connectivity index (χ4v) is 11.6. The second kappa shape index (κ2) is 28.0. The molecule has 1 aliphatic carbocycles. The van der Waals surface area contributed by atoms with Crippen LogP contribution in [-0.2, 0) is 0 Å². The number of fused-ring (bicyclic) bond motifs is 2. The Hall–Kier alpha value is -9.03. The zero-order valence-electron chi connectivity index (χ0n) is 51.7. The first-order valence-corrected chi connectivity index (χ1v) is 30.1. The van der Waals surface area contributed by atoms with Crippen molar-refractivity contribution in [1.29, 1.82) is 0 Å². The summed E-state index contributed by atoms with van der Waals surface area (Å²) >= 11 is 0. The molecule has 438 valence electrons. The van der Waals surface area contributed by atoms with Crippen molar-refractivity contribution in [1.82, 2.24) is 20.5 Å². The number of unbranched alkanes of at least 4 members (excludes halogenated alkanes) is 6. The Labute approximate surface area is 504 Å². The summed E-state index contributed by atoms with van der Waals surface area (Å²) in [7, 11) is 12.6. The van der Waals surface area contributed by atoms with Crippen LogP contribution in [0.15, 0.2) is 186 Å². The lowest BCUT2D eigenvalue weighted by Crippen LogP contribution is -2.34. The Morgan fingerprint density at radius 2 is 1.09 bits per heavy atom. The molecule has 85 heavy (non-hydrogen) atoms. The smallest absolute Gasteiger partial charge is 0.251 e. The highest BCUT2D eigenvalue weighted by atomic mass is 16.2. The number of carbonyl (C=O) groups excluding carboxylic acids is 2. The fourth-order valence-electron chi connectivity index (χ4n) is 11.6. The van der Waals surface area contributed by atoms with Crippen LogP contribution in [0.1, 0.15) is 95.7 Å². The van der Waals surface area contributed by atoms with E-state index in [0.29, 0.717) is 24.2 Å². The molecule has 7 aromatic carbocycles. The minimum Gasteiger partial charge on any atom is -0.377 e. The van der Waals surface area contributed by atoms with E-state index in [0.717, 1.165) is 154 Å². The molecule has 0 fully saturated rings. The number of likely N-dealkylation sites (N-methyl/N-ethyl adjacent to an activating group) is 1. The maximum Gasteiger partial charge on any atom is 0.251 e. The van der Waals surface area contributed by atoms with Crippen LogP contribution in [-0.4, -0.2) is 95.9 Å². The van der Waals surface area contributed by atoms with Gasteiger partial charge in [0.05, 0.1) is 17.1 Å². The van der Waals surface area contributed by atoms with E-state index in [-0.39, 0.29) is 11.8 Å². The Morgan fingerprint density at radius 3 is 1.68 bits per heavy atom. The Balaban J connectivity index is 0.667. The van der Waals surface area contributed by atoms with Crippen LogP contribution in [0.4, 0.5) is 34.1 Å². The summed E-state index contributed by atoms with van der Waals surface area (Å²) in [4.78, 5) is 45.5. The highest BCUT2D eigenvalue weighted by Gasteiger charge is 2.25. The molecule has 1 aromatic heterocycles. The molecule has 0 atom stereocenters. The standard InChI is InChI=1S/C73H84N10O2/c1-50-48-67(51(2)46-63(50)77-61-38-40-65(79(6)7)53(4)70(61)76-59-26-18-16-19-27-59)81(10)44-24-14-12-22-42-74-72(84)57-34-30-55(31-35-57)56-32-36-58(37-33-56)73(85)75-43-23-13-15-25-45-82(11)68-49-69-64(47-52(68)3)78-62-39-41-66(80(8)9)54(5)71(62)83(69)60-28-20-17-21-29-60/h16-21,26-41,46-49,76H,1,12-15,22-25,42-45H2,2-11H3,(H-,74,75,84,85)/p+1. The molecular weight excluding hydrogens is 1050 g/mol. The number of hydrogen-bond acceptors (Lipinski definition) is 9. The fraction of sp³-hybridized carbons (Fsp3) is 0.301. The van der Waals surface area contributed by atoms with Crippen molar-refractivity contribution in [3.05, 3.63) is 209 Å². The molecule has 0 aliphatic heterocycles. The van der Waals surface area contributed by atoms with Crippen molar-refractivity contribution < 1.29 is 14.2 Å². The van der Waals surface area contributed by atoms with Crippen molar-refractivity contribution in [2.45, 2.75) is 79.1 Å². The summed E-state index contributed by atoms with van der Waals surface area (Å²) in [6, 6.07) is 49.2. The molecule has 1 aliphatic rings. The summed E-state index contributed by atoms with van der Waals surface area (Å²) in [5.41, 5.74) is 22.5. The quantitative estimate of drug-likeness (QED) is 0.0295. The number of carbonyl (C=O) groups is 2. The lowest BCUT2D eigenvalue weighted by molar-refractivity contribution is -0.538. The van der Waals surface area contributed by atoms with E-state index >= 15 is 0 Å². The van der Waals surface area contributed by atoms with Crippen LogP contribution >= 0.6 is 0 Å². The number of rotatable bonds is 25. The maximum atomic E-state index is 13.1. The van der Waals surface area contributed by atoms with E-state index in [2.05, 4.69) is 208 Å². The number of hydrogen-bond donors (Lipinski definition) is 3. The molecule has 12 heteroatoms. The van der Waals surface area contributed by atoms with Crippen molar-refractivity contribution in [3.8, 4) is 16.8 Å². The van der Waals surface area contributed by atoms with E-state index in [1.54, 1.807) is 0 Å². The van der Waals surface area contributed by atoms with E-state index < -0.39 is 0 Å². The minimum absolute atomic E-state index is 0.0673. The number of benzene rings is 7. The van der Waals surface area contributed by atoms with Gasteiger partial charge in [-0.05, 0) is 166 Å². The van der Waals surface area contributed by atoms with Gasteiger partial charge in [-0.2, -0.15) is 0 Å². The molecule has 2 amide bonds. The van der Waals surface area contributed by atoms with Gasteiger partial charge in [0.15, 0.2) is 0 Å². The molecule has 1 heterocycles. The van der Waals surface area contributed by atoms with Gasteiger partial charge in [0, 0.05) is 132 Å². The Morgan fingerprint density at radius 1 is 0.553 bits per heavy atom. The van der Waals surface area contributed by atoms with E-state index in [1.807, 2.05) is 66.7 Å². The number of nitrogens with one attached hydrogen (secondary N) is 3. The lowest BCUT2D eigenvalue weighted by atomic mass is 9.98. The number of aryl methyl sites for hydroxylation is 2. The molecule has 0 spiro atoms. The summed E-state index contributed by atoms with van der Waals surface area (Å²) in [5, 5.41) is 9.85. The van der Waals surface area contributed by atoms with Gasteiger partial charge in [-0.15, -0.1) is 4.57 Å². The lowest BCUT2D eigenvalue weighted by Gasteiger charge is -2.27. The van der Waals surface area contributed by atoms with Crippen LogP contribution < -0.4 is 35.2 Å². The zero-order chi connectivity index (χ0) is 60.1. The Kier molecular flexibility index (Phi) is 20.0. The third kappa shape index (κ3) is 14.7. The van der Waals surface area contributed by atoms with Gasteiger partial charge in [0.1, 0.15) is 11.0 Å². The van der Waals surface area contributed by atoms with E-state index in [1.165, 1.54) is 22.5 Å². The van der Waals surface area contributed by atoms with E-state index in [9.17, 15) is 9.59 Å². The number of aromatic nitrogens is 2. The summed E-state index contributed by atoms with van der Waals surface area (Å²) < 4.78 is 2.37. The second-order valence-corrected chi connectivity index (χ2v) is 23.1. The molecule has 0 saturated carbocycles. The largest absolute Gasteiger partial charge is 0.377 e. The number of aliphatic imine (C=N–C) groups is 1. The maximum absolute atomic E-state index is 13.1. The average Bonchev–Trinajstić information content (AvgIpc) is 1.11. The third-order valence-electron chi connectivity index (χ3n) is 16.3. The number of para-hydroxylation sites is 2. The minimum atomic E-state index is -0.0705. The number of nitrogens with zero attached hydrogens (tertiary/aromatic N) is 7. The first kappa shape index (κ1) is 60.6. The molecule has 12 nitrogen and oxygen atoms in total. The highest BCUT2D eigenvalue weighted by Crippen LogP contribution is 2.38. The second-order valence-electron chi connectivity index (χ2n) is 23.1. The SMILES string of the molecule is C=C1C=C(N(C)CCCCCCNC(=O)c2ccc(-c3ccc(C(=O)NCCCCCCN(C)c4cc5c(cc4C)nc4ccc(N(C)C)c(C)c4[n+]5-c4ccccc4)cc3)cc2)C(C)=CC1=Nc1ccc(N(C)C)c(C)c1Nc1ccccc1. The summed E-state index contributed by atoms with van der Waals surface area (Å²) in [6.45, 7) is 16.2. The molecule has 3 N–H and O–H groups in total. The number of allylic oxidation sites excluding steroid dienone is 4. The average molecular weight is 1130 g/mol. The van der Waals surface area contributed by atoms with Crippen LogP contribution in [0, 0.1) is 20.8 Å². The van der Waals surface area contributed by atoms with Crippen molar-refractivity contribution in [2.24, 2.45) is 4.99 Å². The molecule has 0 radical (unpaired) electrons. The van der Waals surface area contributed by atoms with E-state index in [4.69, 9.17) is 9.98 Å². The summed E-state index contributed by atoms with van der Waals surface area (Å²) in [5.74, 6) is -0.138. The van der Waals surface area contributed by atoms with Crippen LogP contribution in [0.2, 0.25) is 0 Å². The number of amides is 2. The van der Waals surface area contributed by atoms with Gasteiger partial charge in [-0.1, -0.05) is 92.9 Å². The normalized spacial score (nSPS) is 12.7. The van der Waals surface area contributed by atoms with Gasteiger partial charge in [0.25, 0.3) is 11.8 Å². The van der Waals surface area contributed by atoms with Crippen LogP contribution in [0.5, 0.6) is 0 Å². The number of anilines is 5. The molecule has 0 unspecified atom stereocenters. The molecular formula is C73H85N10O2+. The molecule has 8 aromatic rings. The van der Waals surface area contributed by atoms with Gasteiger partial charge in [-0.25, -0.2) is 9.98 Å². The third-order valence-corrected chi connectivity index (χ3v) is 16.3. The molecule has 0 bridgehead atoms. The van der Waals surface area contributed by atoms with Crippen molar-refractivity contribution >= 4 is 73.7 Å². The highest BCUT2D eigenvalue weighted by molar-refractivity contribution is 6.13. The first-order chi connectivity index (χ1) is 41.1. The monoisotopic (exact) mass is 1130 g/mol. The predicted octanol–water partition coefficient (Wildman–Crippen LogP) is 15.0. The topological polar surface area (TPSA) is 112 Å². The van der Waals surface area contributed by atoms with Crippen molar-refractivity contribution in [2.75, 3.05) is 88.5 Å². The van der Waals surface area contributed by atoms with Gasteiger partial charge in [0.2, 0.25) is 16.7 Å². The van der Waals surface area contributed by atoms with Gasteiger partial charge in [-0.3, -0.25) is 9.59 Å². The Bertz CT molecular complexity index is 3770. The van der Waals surface area contributed by atoms with Crippen molar-refractivity contribution in [3.63, 3.8) is 0 Å². The van der Waals surface area contributed by atoms with Gasteiger partial charge >= 0.3 is 0 Å². The van der Waals surface area contributed by atoms with Gasteiger partial charge < -0.3 is 35.6 Å².